The first-order chi connectivity index (χ1) is 17.4. The van der Waals surface area contributed by atoms with Crippen molar-refractivity contribution in [3.63, 3.8) is 0 Å². The van der Waals surface area contributed by atoms with Gasteiger partial charge in [-0.15, -0.1) is 0 Å². The van der Waals surface area contributed by atoms with E-state index in [2.05, 4.69) is 0 Å². The summed E-state index contributed by atoms with van der Waals surface area (Å²) in [6.07, 6.45) is 0.0627. The predicted molar refractivity (Wildman–Crippen MR) is 130 cm³/mol. The number of benzene rings is 3. The molecule has 1 saturated heterocycles. The molecule has 1 atom stereocenters. The van der Waals surface area contributed by atoms with Crippen molar-refractivity contribution in [1.82, 2.24) is 4.90 Å². The summed E-state index contributed by atoms with van der Waals surface area (Å²) in [7, 11) is 1.51. The van der Waals surface area contributed by atoms with E-state index in [-0.39, 0.29) is 24.6 Å². The molecule has 184 valence electrons. The number of rotatable bonds is 9. The third kappa shape index (κ3) is 6.15. The van der Waals surface area contributed by atoms with Gasteiger partial charge in [-0.1, -0.05) is 36.4 Å². The zero-order valence-corrected chi connectivity index (χ0v) is 19.7. The van der Waals surface area contributed by atoms with Crippen molar-refractivity contribution < 1.29 is 33.4 Å². The molecule has 1 amide bonds. The summed E-state index contributed by atoms with van der Waals surface area (Å²) >= 11 is 0. The molecule has 1 heterocycles. The molecule has 3 aromatic carbocycles. The Balaban J connectivity index is 1.26. The van der Waals surface area contributed by atoms with Crippen LogP contribution < -0.4 is 9.47 Å². The summed E-state index contributed by atoms with van der Waals surface area (Å²) in [6, 6.07) is 22.1. The summed E-state index contributed by atoms with van der Waals surface area (Å²) in [5.74, 6) is -1.46. The van der Waals surface area contributed by atoms with Gasteiger partial charge in [0.2, 0.25) is 5.91 Å². The van der Waals surface area contributed by atoms with E-state index in [9.17, 15) is 19.2 Å². The molecule has 0 radical (unpaired) electrons. The highest BCUT2D eigenvalue weighted by Gasteiger charge is 2.35. The van der Waals surface area contributed by atoms with Crippen LogP contribution in [0.4, 0.5) is 0 Å². The maximum Gasteiger partial charge on any atom is 0.343 e. The monoisotopic (exact) mass is 487 g/mol. The van der Waals surface area contributed by atoms with Gasteiger partial charge in [-0.05, 0) is 48.0 Å². The maximum absolute atomic E-state index is 12.5. The molecule has 1 aliphatic heterocycles. The lowest BCUT2D eigenvalue weighted by atomic mass is 10.1. The Kier molecular flexibility index (Phi) is 7.75. The highest BCUT2D eigenvalue weighted by atomic mass is 16.5. The third-order valence-electron chi connectivity index (χ3n) is 5.80. The lowest BCUT2D eigenvalue weighted by Crippen LogP contribution is -2.27. The quantitative estimate of drug-likeness (QED) is 0.258. The van der Waals surface area contributed by atoms with E-state index >= 15 is 0 Å². The Morgan fingerprint density at radius 1 is 0.889 bits per heavy atom. The summed E-state index contributed by atoms with van der Waals surface area (Å²) in [6.45, 7) is 0.246. The van der Waals surface area contributed by atoms with Crippen LogP contribution in [-0.2, 0) is 20.9 Å². The van der Waals surface area contributed by atoms with Crippen molar-refractivity contribution in [2.24, 2.45) is 5.92 Å². The van der Waals surface area contributed by atoms with Crippen LogP contribution in [0.5, 0.6) is 11.5 Å². The number of Topliss-reactive ketones (excluding diaryl/α,β-unsaturated/α-hetero) is 1. The van der Waals surface area contributed by atoms with Crippen molar-refractivity contribution in [1.29, 1.82) is 0 Å². The van der Waals surface area contributed by atoms with Crippen LogP contribution in [0.3, 0.4) is 0 Å². The first kappa shape index (κ1) is 24.7. The molecule has 36 heavy (non-hydrogen) atoms. The number of methoxy groups -OCH3 is 1. The Morgan fingerprint density at radius 2 is 1.64 bits per heavy atom. The minimum absolute atomic E-state index is 0.0627. The third-order valence-corrected chi connectivity index (χ3v) is 5.80. The molecule has 0 aromatic heterocycles. The van der Waals surface area contributed by atoms with Crippen LogP contribution in [0.25, 0.3) is 0 Å². The second-order valence-electron chi connectivity index (χ2n) is 8.34. The Morgan fingerprint density at radius 3 is 2.36 bits per heavy atom. The number of amides is 1. The average Bonchev–Trinajstić information content (AvgIpc) is 3.28. The Labute approximate surface area is 208 Å². The van der Waals surface area contributed by atoms with Crippen LogP contribution in [0.2, 0.25) is 0 Å². The van der Waals surface area contributed by atoms with Gasteiger partial charge >= 0.3 is 11.9 Å². The van der Waals surface area contributed by atoms with E-state index < -0.39 is 30.2 Å². The normalized spacial score (nSPS) is 14.9. The molecule has 0 N–H and O–H groups in total. The molecule has 0 aliphatic carbocycles. The van der Waals surface area contributed by atoms with Gasteiger partial charge in [0.1, 0.15) is 11.5 Å². The molecule has 3 aromatic rings. The number of nitrogens with zero attached hydrogens (tertiary/aromatic N) is 1. The Hall–Kier alpha value is -4.46. The molecule has 0 bridgehead atoms. The summed E-state index contributed by atoms with van der Waals surface area (Å²) in [5, 5.41) is 0. The molecule has 8 nitrogen and oxygen atoms in total. The van der Waals surface area contributed by atoms with E-state index in [1.54, 1.807) is 29.2 Å². The van der Waals surface area contributed by atoms with Gasteiger partial charge in [0.15, 0.2) is 12.4 Å². The highest BCUT2D eigenvalue weighted by molar-refractivity contribution is 5.98. The number of ketones is 1. The van der Waals surface area contributed by atoms with E-state index in [1.807, 2.05) is 30.3 Å². The molecule has 0 unspecified atom stereocenters. The topological polar surface area (TPSA) is 99.2 Å². The molecule has 0 saturated carbocycles. The number of ether oxygens (including phenoxy) is 3. The fourth-order valence-corrected chi connectivity index (χ4v) is 3.85. The largest absolute Gasteiger partial charge is 0.497 e. The van der Waals surface area contributed by atoms with Crippen LogP contribution in [0, 0.1) is 5.92 Å². The lowest BCUT2D eigenvalue weighted by molar-refractivity contribution is -0.147. The second kappa shape index (κ2) is 11.3. The van der Waals surface area contributed by atoms with E-state index in [1.165, 1.54) is 31.4 Å². The summed E-state index contributed by atoms with van der Waals surface area (Å²) in [4.78, 5) is 51.2. The van der Waals surface area contributed by atoms with Crippen LogP contribution >= 0.6 is 0 Å². The molecule has 1 fully saturated rings. The number of hydrogen-bond acceptors (Lipinski definition) is 7. The van der Waals surface area contributed by atoms with Crippen LogP contribution in [0.15, 0.2) is 78.9 Å². The molecular formula is C28H25NO7. The Bertz CT molecular complexity index is 1250. The average molecular weight is 488 g/mol. The van der Waals surface area contributed by atoms with Gasteiger partial charge in [-0.2, -0.15) is 0 Å². The maximum atomic E-state index is 12.5. The van der Waals surface area contributed by atoms with Crippen molar-refractivity contribution in [3.05, 3.63) is 95.6 Å². The highest BCUT2D eigenvalue weighted by Crippen LogP contribution is 2.22. The first-order valence-corrected chi connectivity index (χ1v) is 11.4. The molecule has 4 rings (SSSR count). The minimum atomic E-state index is -0.604. The number of carbonyl (C=O) groups excluding carboxylic acids is 4. The van der Waals surface area contributed by atoms with Gasteiger partial charge in [-0.3, -0.25) is 14.4 Å². The standard InChI is InChI=1S/C28H25NO7/c1-34-24-9-5-8-21(14-24)28(33)36-23-12-10-20(11-13-23)25(30)18-35-27(32)22-15-26(31)29(17-22)16-19-6-3-2-4-7-19/h2-14,22H,15-18H2,1H3/t22-/m1/s1. The molecular weight excluding hydrogens is 462 g/mol. The van der Waals surface area contributed by atoms with Gasteiger partial charge in [0.25, 0.3) is 0 Å². The van der Waals surface area contributed by atoms with E-state index in [4.69, 9.17) is 14.2 Å². The second-order valence-corrected chi connectivity index (χ2v) is 8.34. The van der Waals surface area contributed by atoms with Gasteiger partial charge < -0.3 is 19.1 Å². The zero-order valence-electron chi connectivity index (χ0n) is 19.7. The smallest absolute Gasteiger partial charge is 0.343 e. The van der Waals surface area contributed by atoms with Crippen molar-refractivity contribution in [2.45, 2.75) is 13.0 Å². The SMILES string of the molecule is COc1cccc(C(=O)Oc2ccc(C(=O)COC(=O)[C@@H]3CC(=O)N(Cc4ccccc4)C3)cc2)c1. The fraction of sp³-hybridized carbons (Fsp3) is 0.214. The predicted octanol–water partition coefficient (Wildman–Crippen LogP) is 3.69. The zero-order chi connectivity index (χ0) is 25.5. The first-order valence-electron chi connectivity index (χ1n) is 11.4. The van der Waals surface area contributed by atoms with Crippen molar-refractivity contribution in [3.8, 4) is 11.5 Å². The molecule has 8 heteroatoms. The number of esters is 2. The van der Waals surface area contributed by atoms with Crippen LogP contribution in [0.1, 0.15) is 32.7 Å². The van der Waals surface area contributed by atoms with Crippen molar-refractivity contribution in [2.75, 3.05) is 20.3 Å². The number of carbonyl (C=O) groups is 4. The lowest BCUT2D eigenvalue weighted by Gasteiger charge is -2.16. The van der Waals surface area contributed by atoms with Gasteiger partial charge in [-0.25, -0.2) is 4.79 Å². The summed E-state index contributed by atoms with van der Waals surface area (Å²) in [5.41, 5.74) is 1.61. The minimum Gasteiger partial charge on any atom is -0.497 e. The fourth-order valence-electron chi connectivity index (χ4n) is 3.85. The molecule has 0 spiro atoms. The van der Waals surface area contributed by atoms with E-state index in [0.717, 1.165) is 5.56 Å². The van der Waals surface area contributed by atoms with Crippen LogP contribution in [-0.4, -0.2) is 48.8 Å². The molecule has 1 aliphatic rings. The van der Waals surface area contributed by atoms with Gasteiger partial charge in [0, 0.05) is 25.1 Å². The van der Waals surface area contributed by atoms with Crippen molar-refractivity contribution >= 4 is 23.6 Å². The van der Waals surface area contributed by atoms with Gasteiger partial charge in [0.05, 0.1) is 18.6 Å². The number of likely N-dealkylation sites (tertiary alicyclic amines) is 1. The number of hydrogen-bond donors (Lipinski definition) is 0. The summed E-state index contributed by atoms with van der Waals surface area (Å²) < 4.78 is 15.6. The van der Waals surface area contributed by atoms with E-state index in [0.29, 0.717) is 23.4 Å².